The molecule has 2 aromatic rings. The van der Waals surface area contributed by atoms with Gasteiger partial charge in [0.25, 0.3) is 0 Å². The highest BCUT2D eigenvalue weighted by atomic mass is 35.5. The van der Waals surface area contributed by atoms with Gasteiger partial charge < -0.3 is 9.47 Å². The lowest BCUT2D eigenvalue weighted by atomic mass is 10.2. The van der Waals surface area contributed by atoms with E-state index in [1.165, 1.54) is 12.1 Å². The number of hydrogen-bond acceptors (Lipinski definition) is 1. The number of nitrogens with zero attached hydrogens (tertiary/aromatic N) is 2. The van der Waals surface area contributed by atoms with Crippen LogP contribution in [0.3, 0.4) is 0 Å². The SMILES string of the molecule is CCCCN(Cc1cccn1Cc1cccc(F)c1)C(=O)C(C)Cl. The van der Waals surface area contributed by atoms with Gasteiger partial charge in [0.15, 0.2) is 0 Å². The number of amides is 1. The lowest BCUT2D eigenvalue weighted by Gasteiger charge is -2.24. The van der Waals surface area contributed by atoms with Gasteiger partial charge in [0, 0.05) is 25.0 Å². The van der Waals surface area contributed by atoms with Crippen molar-refractivity contribution < 1.29 is 9.18 Å². The van der Waals surface area contributed by atoms with Crippen molar-refractivity contribution in [3.8, 4) is 0 Å². The molecule has 0 spiro atoms. The topological polar surface area (TPSA) is 25.2 Å². The van der Waals surface area contributed by atoms with Crippen molar-refractivity contribution in [2.75, 3.05) is 6.54 Å². The van der Waals surface area contributed by atoms with Crippen molar-refractivity contribution in [1.29, 1.82) is 0 Å². The van der Waals surface area contributed by atoms with Crippen LogP contribution in [0.25, 0.3) is 0 Å². The Hall–Kier alpha value is -1.81. The van der Waals surface area contributed by atoms with Gasteiger partial charge in [-0.3, -0.25) is 4.79 Å². The molecule has 3 nitrogen and oxygen atoms in total. The van der Waals surface area contributed by atoms with Gasteiger partial charge in [-0.05, 0) is 43.2 Å². The molecule has 2 rings (SSSR count). The molecule has 0 N–H and O–H groups in total. The summed E-state index contributed by atoms with van der Waals surface area (Å²) in [6, 6.07) is 10.5. The molecule has 1 aromatic heterocycles. The average Bonchev–Trinajstić information content (AvgIpc) is 2.97. The van der Waals surface area contributed by atoms with E-state index in [1.807, 2.05) is 29.0 Å². The first kappa shape index (κ1) is 18.5. The molecule has 5 heteroatoms. The molecule has 1 amide bonds. The highest BCUT2D eigenvalue weighted by Gasteiger charge is 2.19. The minimum atomic E-state index is -0.534. The maximum atomic E-state index is 13.4. The minimum Gasteiger partial charge on any atom is -0.345 e. The second kappa shape index (κ2) is 8.88. The van der Waals surface area contributed by atoms with Crippen LogP contribution in [0.15, 0.2) is 42.6 Å². The Morgan fingerprint density at radius 1 is 1.33 bits per heavy atom. The van der Waals surface area contributed by atoms with E-state index in [2.05, 4.69) is 6.92 Å². The molecule has 1 unspecified atom stereocenters. The van der Waals surface area contributed by atoms with Gasteiger partial charge in [-0.1, -0.05) is 25.5 Å². The normalized spacial score (nSPS) is 12.2. The van der Waals surface area contributed by atoms with Crippen LogP contribution in [0.2, 0.25) is 0 Å². The third kappa shape index (κ3) is 5.10. The summed E-state index contributed by atoms with van der Waals surface area (Å²) in [4.78, 5) is 14.1. The smallest absolute Gasteiger partial charge is 0.240 e. The minimum absolute atomic E-state index is 0.0522. The van der Waals surface area contributed by atoms with E-state index in [1.54, 1.807) is 17.9 Å². The summed E-state index contributed by atoms with van der Waals surface area (Å²) in [6.45, 7) is 5.58. The molecule has 0 aliphatic heterocycles. The molecule has 0 aliphatic carbocycles. The van der Waals surface area contributed by atoms with Crippen LogP contribution in [-0.4, -0.2) is 27.3 Å². The second-order valence-corrected chi connectivity index (χ2v) is 6.64. The zero-order valence-electron chi connectivity index (χ0n) is 14.2. The average molecular weight is 351 g/mol. The molecule has 24 heavy (non-hydrogen) atoms. The van der Waals surface area contributed by atoms with Crippen LogP contribution >= 0.6 is 11.6 Å². The summed E-state index contributed by atoms with van der Waals surface area (Å²) < 4.78 is 15.4. The van der Waals surface area contributed by atoms with Gasteiger partial charge in [0.05, 0.1) is 6.54 Å². The standard InChI is InChI=1S/C19H24ClFN2O/c1-3-4-10-23(19(24)15(2)20)14-18-9-6-11-22(18)13-16-7-5-8-17(21)12-16/h5-9,11-12,15H,3-4,10,13-14H2,1-2H3. The molecule has 0 saturated carbocycles. The number of alkyl halides is 1. The number of carbonyl (C=O) groups excluding carboxylic acids is 1. The number of unbranched alkanes of at least 4 members (excludes halogenated alkanes) is 1. The fraction of sp³-hybridized carbons (Fsp3) is 0.421. The fourth-order valence-electron chi connectivity index (χ4n) is 2.64. The maximum Gasteiger partial charge on any atom is 0.240 e. The molecule has 1 heterocycles. The molecule has 130 valence electrons. The van der Waals surface area contributed by atoms with Crippen LogP contribution in [-0.2, 0) is 17.9 Å². The summed E-state index contributed by atoms with van der Waals surface area (Å²) in [7, 11) is 0. The highest BCUT2D eigenvalue weighted by Crippen LogP contribution is 2.14. The Labute approximate surface area is 148 Å². The summed E-state index contributed by atoms with van der Waals surface area (Å²) in [5.41, 5.74) is 1.91. The molecular weight excluding hydrogens is 327 g/mol. The molecule has 0 radical (unpaired) electrons. The first-order valence-corrected chi connectivity index (χ1v) is 8.76. The number of carbonyl (C=O) groups is 1. The maximum absolute atomic E-state index is 13.4. The van der Waals surface area contributed by atoms with Crippen molar-refractivity contribution >= 4 is 17.5 Å². The van der Waals surface area contributed by atoms with Gasteiger partial charge in [-0.2, -0.15) is 0 Å². The van der Waals surface area contributed by atoms with Crippen molar-refractivity contribution in [3.05, 3.63) is 59.7 Å². The van der Waals surface area contributed by atoms with E-state index in [0.717, 1.165) is 24.1 Å². The summed E-state index contributed by atoms with van der Waals surface area (Å²) in [6.07, 6.45) is 3.91. The predicted molar refractivity (Wildman–Crippen MR) is 95.6 cm³/mol. The van der Waals surface area contributed by atoms with Crippen molar-refractivity contribution in [3.63, 3.8) is 0 Å². The van der Waals surface area contributed by atoms with E-state index in [9.17, 15) is 9.18 Å². The van der Waals surface area contributed by atoms with Gasteiger partial charge >= 0.3 is 0 Å². The molecule has 1 atom stereocenters. The van der Waals surface area contributed by atoms with Gasteiger partial charge in [-0.25, -0.2) is 4.39 Å². The summed E-state index contributed by atoms with van der Waals surface area (Å²) in [5.74, 6) is -0.291. The Balaban J connectivity index is 2.13. The second-order valence-electron chi connectivity index (χ2n) is 5.99. The zero-order valence-corrected chi connectivity index (χ0v) is 15.0. The van der Waals surface area contributed by atoms with E-state index >= 15 is 0 Å². The number of aromatic nitrogens is 1. The summed E-state index contributed by atoms with van der Waals surface area (Å²) in [5, 5.41) is -0.534. The first-order chi connectivity index (χ1) is 11.5. The van der Waals surface area contributed by atoms with Crippen molar-refractivity contribution in [2.24, 2.45) is 0 Å². The zero-order chi connectivity index (χ0) is 17.5. The number of benzene rings is 1. The van der Waals surface area contributed by atoms with Gasteiger partial charge in [-0.15, -0.1) is 11.6 Å². The lowest BCUT2D eigenvalue weighted by Crippen LogP contribution is -2.36. The van der Waals surface area contributed by atoms with Gasteiger partial charge in [0.2, 0.25) is 5.91 Å². The van der Waals surface area contributed by atoms with E-state index in [-0.39, 0.29) is 11.7 Å². The molecule has 0 saturated heterocycles. The molecule has 0 bridgehead atoms. The van der Waals surface area contributed by atoms with E-state index in [4.69, 9.17) is 11.6 Å². The van der Waals surface area contributed by atoms with Crippen LogP contribution < -0.4 is 0 Å². The number of hydrogen-bond donors (Lipinski definition) is 0. The number of halogens is 2. The van der Waals surface area contributed by atoms with Gasteiger partial charge in [0.1, 0.15) is 11.2 Å². The molecular formula is C19H24ClFN2O. The Morgan fingerprint density at radius 2 is 2.12 bits per heavy atom. The fourth-order valence-corrected chi connectivity index (χ4v) is 2.78. The number of rotatable bonds is 8. The Bertz CT molecular complexity index is 669. The monoisotopic (exact) mass is 350 g/mol. The largest absolute Gasteiger partial charge is 0.345 e. The van der Waals surface area contributed by atoms with Crippen LogP contribution in [0, 0.1) is 5.82 Å². The van der Waals surface area contributed by atoms with Crippen LogP contribution in [0.4, 0.5) is 4.39 Å². The summed E-state index contributed by atoms with van der Waals surface area (Å²) >= 11 is 5.99. The van der Waals surface area contributed by atoms with E-state index in [0.29, 0.717) is 19.6 Å². The first-order valence-electron chi connectivity index (χ1n) is 8.32. The quantitative estimate of drug-likeness (QED) is 0.646. The molecule has 1 aromatic carbocycles. The van der Waals surface area contributed by atoms with Crippen LogP contribution in [0.5, 0.6) is 0 Å². The van der Waals surface area contributed by atoms with Crippen molar-refractivity contribution in [1.82, 2.24) is 9.47 Å². The highest BCUT2D eigenvalue weighted by molar-refractivity contribution is 6.30. The molecule has 0 fully saturated rings. The lowest BCUT2D eigenvalue weighted by molar-refractivity contribution is -0.131. The van der Waals surface area contributed by atoms with E-state index < -0.39 is 5.38 Å². The molecule has 0 aliphatic rings. The van der Waals surface area contributed by atoms with Crippen molar-refractivity contribution in [2.45, 2.75) is 45.2 Å². The predicted octanol–water partition coefficient (Wildman–Crippen LogP) is 4.43. The third-order valence-corrected chi connectivity index (χ3v) is 4.14. The Kier molecular flexibility index (Phi) is 6.85. The third-order valence-electron chi connectivity index (χ3n) is 3.95. The Morgan fingerprint density at radius 3 is 2.79 bits per heavy atom. The van der Waals surface area contributed by atoms with Crippen LogP contribution in [0.1, 0.15) is 37.9 Å².